The summed E-state index contributed by atoms with van der Waals surface area (Å²) in [6.07, 6.45) is 6.47. The number of halogens is 1. The number of carbonyl (C=O) groups is 2. The van der Waals surface area contributed by atoms with Crippen LogP contribution in [0.15, 0.2) is 42.5 Å². The summed E-state index contributed by atoms with van der Waals surface area (Å²) in [6.45, 7) is 3.39. The van der Waals surface area contributed by atoms with Gasteiger partial charge in [0, 0.05) is 29.7 Å². The second-order valence-corrected chi connectivity index (χ2v) is 10.3. The van der Waals surface area contributed by atoms with E-state index in [1.54, 1.807) is 12.1 Å². The van der Waals surface area contributed by atoms with Crippen molar-refractivity contribution in [2.24, 2.45) is 5.92 Å². The van der Waals surface area contributed by atoms with Gasteiger partial charge in [0.2, 0.25) is 0 Å². The van der Waals surface area contributed by atoms with Crippen molar-refractivity contribution in [3.05, 3.63) is 64.2 Å². The van der Waals surface area contributed by atoms with Gasteiger partial charge < -0.3 is 30.2 Å². The average Bonchev–Trinajstić information content (AvgIpc) is 2.95. The molecule has 1 saturated carbocycles. The lowest BCUT2D eigenvalue weighted by Crippen LogP contribution is -2.40. The second-order valence-electron chi connectivity index (χ2n) is 9.88. The maximum absolute atomic E-state index is 13.3. The van der Waals surface area contributed by atoms with Crippen LogP contribution in [-0.2, 0) is 9.47 Å². The minimum atomic E-state index is -0.536. The van der Waals surface area contributed by atoms with Crippen molar-refractivity contribution in [2.45, 2.75) is 57.6 Å². The molecule has 0 radical (unpaired) electrons. The first-order chi connectivity index (χ1) is 18.9. The van der Waals surface area contributed by atoms with E-state index in [2.05, 4.69) is 20.7 Å². The smallest absolute Gasteiger partial charge is 0.406 e. The molecular formula is C30H42ClN3O5. The number of benzene rings is 2. The maximum atomic E-state index is 13.3. The molecule has 1 fully saturated rings. The molecule has 9 heteroatoms. The number of ether oxygens (including phenoxy) is 3. The molecule has 1 unspecified atom stereocenters. The Hall–Kier alpha value is -2.81. The molecule has 0 saturated heterocycles. The zero-order chi connectivity index (χ0) is 28.0. The molecule has 0 spiro atoms. The number of hydrogen-bond acceptors (Lipinski definition) is 6. The van der Waals surface area contributed by atoms with Crippen molar-refractivity contribution >= 4 is 23.6 Å². The topological polar surface area (TPSA) is 97.9 Å². The van der Waals surface area contributed by atoms with E-state index in [1.807, 2.05) is 44.3 Å². The highest BCUT2D eigenvalue weighted by molar-refractivity contribution is 6.30. The van der Waals surface area contributed by atoms with Gasteiger partial charge in [-0.15, -0.1) is 0 Å². The van der Waals surface area contributed by atoms with Crippen molar-refractivity contribution in [2.75, 3.05) is 40.5 Å². The van der Waals surface area contributed by atoms with Gasteiger partial charge in [-0.25, -0.2) is 4.79 Å². The van der Waals surface area contributed by atoms with Crippen LogP contribution in [0.1, 0.15) is 73.0 Å². The molecule has 8 nitrogen and oxygen atoms in total. The van der Waals surface area contributed by atoms with Crippen molar-refractivity contribution in [3.63, 3.8) is 0 Å². The molecule has 0 aromatic heterocycles. The summed E-state index contributed by atoms with van der Waals surface area (Å²) in [5, 5.41) is 9.68. The van der Waals surface area contributed by atoms with Gasteiger partial charge in [-0.2, -0.15) is 0 Å². The number of carbonyl (C=O) groups excluding carboxylic acids is 2. The van der Waals surface area contributed by atoms with Crippen molar-refractivity contribution < 1.29 is 23.8 Å². The van der Waals surface area contributed by atoms with Gasteiger partial charge in [0.1, 0.15) is 11.9 Å². The van der Waals surface area contributed by atoms with E-state index in [4.69, 9.17) is 21.1 Å². The first kappa shape index (κ1) is 30.7. The standard InChI is InChI=1S/C30H42ClN3O5/c1-4-38-27-18-23(28(22-11-8-12-25(31)17-22)39-14-13-33-30(36)37-3)16-24(19-27)29(35)34-20-26(32-2)15-21-9-6-5-7-10-21/h8,11-12,16-19,21,26,28,32H,4-7,9-10,13-15,20H2,1-3H3,(H,33,36)(H,34,35)/t26-,28?/m0/s1. The van der Waals surface area contributed by atoms with Gasteiger partial charge in [-0.1, -0.05) is 55.8 Å². The van der Waals surface area contributed by atoms with E-state index in [9.17, 15) is 9.59 Å². The number of alkyl carbamates (subject to hydrolysis) is 1. The van der Waals surface area contributed by atoms with Crippen LogP contribution in [0.4, 0.5) is 4.79 Å². The summed E-state index contributed by atoms with van der Waals surface area (Å²) in [7, 11) is 3.26. The van der Waals surface area contributed by atoms with Gasteiger partial charge in [-0.05, 0) is 67.8 Å². The average molecular weight is 560 g/mol. The Balaban J connectivity index is 1.78. The van der Waals surface area contributed by atoms with E-state index in [-0.39, 0.29) is 25.1 Å². The highest BCUT2D eigenvalue weighted by atomic mass is 35.5. The molecule has 3 rings (SSSR count). The zero-order valence-corrected chi connectivity index (χ0v) is 24.0. The van der Waals surface area contributed by atoms with E-state index in [1.165, 1.54) is 39.2 Å². The molecule has 0 aliphatic heterocycles. The monoisotopic (exact) mass is 559 g/mol. The number of methoxy groups -OCH3 is 1. The summed E-state index contributed by atoms with van der Waals surface area (Å²) in [6, 6.07) is 13.1. The molecule has 2 aromatic rings. The molecule has 2 aromatic carbocycles. The van der Waals surface area contributed by atoms with Gasteiger partial charge in [0.15, 0.2) is 0 Å². The highest BCUT2D eigenvalue weighted by Crippen LogP contribution is 2.32. The minimum absolute atomic E-state index is 0.168. The predicted molar refractivity (Wildman–Crippen MR) is 154 cm³/mol. The number of likely N-dealkylation sites (N-methyl/N-ethyl adjacent to an activating group) is 1. The third-order valence-electron chi connectivity index (χ3n) is 7.06. The van der Waals surface area contributed by atoms with Crippen LogP contribution in [0.2, 0.25) is 5.02 Å². The molecule has 0 bridgehead atoms. The molecule has 39 heavy (non-hydrogen) atoms. The Bertz CT molecular complexity index is 1060. The summed E-state index contributed by atoms with van der Waals surface area (Å²) in [4.78, 5) is 24.8. The van der Waals surface area contributed by atoms with Crippen molar-refractivity contribution in [1.29, 1.82) is 0 Å². The van der Waals surface area contributed by atoms with Crippen molar-refractivity contribution in [1.82, 2.24) is 16.0 Å². The van der Waals surface area contributed by atoms with Crippen LogP contribution in [-0.4, -0.2) is 58.5 Å². The summed E-state index contributed by atoms with van der Waals surface area (Å²) >= 11 is 6.29. The number of amides is 2. The highest BCUT2D eigenvalue weighted by Gasteiger charge is 2.21. The van der Waals surface area contributed by atoms with Crippen LogP contribution >= 0.6 is 11.6 Å². The zero-order valence-electron chi connectivity index (χ0n) is 23.3. The lowest BCUT2D eigenvalue weighted by Gasteiger charge is -2.26. The van der Waals surface area contributed by atoms with Gasteiger partial charge in [-0.3, -0.25) is 4.79 Å². The normalized spacial score (nSPS) is 15.3. The SMILES string of the molecule is CCOc1cc(C(=O)NC[C@H](CC2CCCCC2)NC)cc(C(OCCNC(=O)OC)c2cccc(Cl)c2)c1. The second kappa shape index (κ2) is 16.3. The maximum Gasteiger partial charge on any atom is 0.406 e. The van der Waals surface area contributed by atoms with Crippen LogP contribution < -0.4 is 20.7 Å². The van der Waals surface area contributed by atoms with Crippen LogP contribution in [0.3, 0.4) is 0 Å². The van der Waals surface area contributed by atoms with Gasteiger partial charge >= 0.3 is 6.09 Å². The Morgan fingerprint density at radius 1 is 1.05 bits per heavy atom. The Kier molecular flexibility index (Phi) is 12.9. The Labute approximate surface area is 237 Å². The molecule has 1 aliphatic carbocycles. The van der Waals surface area contributed by atoms with E-state index < -0.39 is 12.2 Å². The fourth-order valence-electron chi connectivity index (χ4n) is 5.06. The lowest BCUT2D eigenvalue weighted by atomic mass is 9.85. The molecule has 2 atom stereocenters. The number of hydrogen-bond donors (Lipinski definition) is 3. The van der Waals surface area contributed by atoms with E-state index >= 15 is 0 Å². The fourth-order valence-corrected chi connectivity index (χ4v) is 5.26. The minimum Gasteiger partial charge on any atom is -0.494 e. The lowest BCUT2D eigenvalue weighted by molar-refractivity contribution is 0.0802. The predicted octanol–water partition coefficient (Wildman–Crippen LogP) is 5.49. The largest absolute Gasteiger partial charge is 0.494 e. The van der Waals surface area contributed by atoms with Gasteiger partial charge in [0.05, 0.1) is 20.3 Å². The van der Waals surface area contributed by atoms with Crippen LogP contribution in [0.5, 0.6) is 5.75 Å². The van der Waals surface area contributed by atoms with Crippen LogP contribution in [0, 0.1) is 5.92 Å². The van der Waals surface area contributed by atoms with E-state index in [0.29, 0.717) is 35.4 Å². The molecule has 2 amide bonds. The number of nitrogens with one attached hydrogen (secondary N) is 3. The number of rotatable bonds is 14. The van der Waals surface area contributed by atoms with E-state index in [0.717, 1.165) is 17.5 Å². The first-order valence-electron chi connectivity index (χ1n) is 13.9. The molecule has 1 aliphatic rings. The van der Waals surface area contributed by atoms with Crippen molar-refractivity contribution in [3.8, 4) is 5.75 Å². The van der Waals surface area contributed by atoms with Crippen LogP contribution in [0.25, 0.3) is 0 Å². The third-order valence-corrected chi connectivity index (χ3v) is 7.29. The summed E-state index contributed by atoms with van der Waals surface area (Å²) in [5.41, 5.74) is 2.06. The molecular weight excluding hydrogens is 518 g/mol. The molecule has 3 N–H and O–H groups in total. The van der Waals surface area contributed by atoms with Gasteiger partial charge in [0.25, 0.3) is 5.91 Å². The first-order valence-corrected chi connectivity index (χ1v) is 14.2. The Morgan fingerprint density at radius 3 is 2.54 bits per heavy atom. The third kappa shape index (κ3) is 10.0. The molecule has 214 valence electrons. The molecule has 0 heterocycles. The quantitative estimate of drug-likeness (QED) is 0.265. The summed E-state index contributed by atoms with van der Waals surface area (Å²) in [5.74, 6) is 1.12. The Morgan fingerprint density at radius 2 is 1.85 bits per heavy atom. The fraction of sp³-hybridized carbons (Fsp3) is 0.533. The summed E-state index contributed by atoms with van der Waals surface area (Å²) < 4.78 is 16.7.